The molecule has 2 rings (SSSR count). The Morgan fingerprint density at radius 1 is 1.00 bits per heavy atom. The van der Waals surface area contributed by atoms with Crippen LogP contribution in [-0.4, -0.2) is 32.1 Å². The molecule has 2 aromatic carbocycles. The van der Waals surface area contributed by atoms with Gasteiger partial charge in [-0.25, -0.2) is 4.79 Å². The lowest BCUT2D eigenvalue weighted by atomic mass is 10.0. The molecule has 0 radical (unpaired) electrons. The van der Waals surface area contributed by atoms with Crippen LogP contribution < -0.4 is 5.32 Å². The number of rotatable bonds is 7. The zero-order valence-corrected chi connectivity index (χ0v) is 16.2. The highest BCUT2D eigenvalue weighted by Crippen LogP contribution is 2.20. The lowest BCUT2D eigenvalue weighted by molar-refractivity contribution is -0.141. The topological polar surface area (TPSA) is 81.7 Å². The highest BCUT2D eigenvalue weighted by molar-refractivity contribution is 6.30. The first kappa shape index (κ1) is 21.2. The minimum Gasteiger partial charge on any atom is -0.469 e. The van der Waals surface area contributed by atoms with E-state index in [0.29, 0.717) is 10.6 Å². The maximum Gasteiger partial charge on any atom is 0.337 e. The van der Waals surface area contributed by atoms with Crippen LogP contribution in [0.25, 0.3) is 6.08 Å². The number of esters is 2. The number of carbonyl (C=O) groups is 3. The number of carbonyl (C=O) groups excluding carboxylic acids is 3. The van der Waals surface area contributed by atoms with Gasteiger partial charge < -0.3 is 14.8 Å². The van der Waals surface area contributed by atoms with Gasteiger partial charge >= 0.3 is 11.9 Å². The maximum absolute atomic E-state index is 12.3. The van der Waals surface area contributed by atoms with Crippen molar-refractivity contribution in [2.75, 3.05) is 14.2 Å². The van der Waals surface area contributed by atoms with Crippen molar-refractivity contribution >= 4 is 35.5 Å². The monoisotopic (exact) mass is 401 g/mol. The first-order valence-electron chi connectivity index (χ1n) is 8.42. The van der Waals surface area contributed by atoms with Crippen LogP contribution in [-0.2, 0) is 19.1 Å². The van der Waals surface area contributed by atoms with Gasteiger partial charge in [0.2, 0.25) is 5.91 Å². The Morgan fingerprint density at radius 2 is 1.64 bits per heavy atom. The number of methoxy groups -OCH3 is 2. The first-order chi connectivity index (χ1) is 13.4. The second-order valence-electron chi connectivity index (χ2n) is 5.84. The van der Waals surface area contributed by atoms with Gasteiger partial charge in [0.1, 0.15) is 0 Å². The molecule has 1 amide bonds. The molecule has 2 aromatic rings. The Hall–Kier alpha value is -3.12. The predicted molar refractivity (Wildman–Crippen MR) is 106 cm³/mol. The van der Waals surface area contributed by atoms with Gasteiger partial charge in [0.15, 0.2) is 0 Å². The molecular formula is C21H20ClNO5. The molecule has 7 heteroatoms. The smallest absolute Gasteiger partial charge is 0.337 e. The molecule has 28 heavy (non-hydrogen) atoms. The molecule has 1 N–H and O–H groups in total. The van der Waals surface area contributed by atoms with E-state index in [2.05, 4.69) is 10.1 Å². The normalized spacial score (nSPS) is 11.7. The average molecular weight is 402 g/mol. The molecule has 0 aliphatic rings. The molecule has 0 aliphatic heterocycles. The van der Waals surface area contributed by atoms with Gasteiger partial charge in [-0.1, -0.05) is 35.9 Å². The highest BCUT2D eigenvalue weighted by Gasteiger charge is 2.18. The number of hydrogen-bond acceptors (Lipinski definition) is 5. The van der Waals surface area contributed by atoms with E-state index in [1.54, 1.807) is 54.6 Å². The van der Waals surface area contributed by atoms with Crippen molar-refractivity contribution in [1.29, 1.82) is 0 Å². The molecule has 0 saturated heterocycles. The summed E-state index contributed by atoms with van der Waals surface area (Å²) in [5.41, 5.74) is 1.89. The molecule has 1 atom stereocenters. The van der Waals surface area contributed by atoms with Gasteiger partial charge in [-0.15, -0.1) is 0 Å². The van der Waals surface area contributed by atoms with Crippen LogP contribution in [0.2, 0.25) is 5.02 Å². The zero-order valence-electron chi connectivity index (χ0n) is 15.5. The summed E-state index contributed by atoms with van der Waals surface area (Å²) in [5.74, 6) is -1.24. The summed E-state index contributed by atoms with van der Waals surface area (Å²) in [6.45, 7) is 0. The first-order valence-corrected chi connectivity index (χ1v) is 8.80. The molecular weight excluding hydrogens is 382 g/mol. The van der Waals surface area contributed by atoms with Gasteiger partial charge in [-0.05, 0) is 41.5 Å². The highest BCUT2D eigenvalue weighted by atomic mass is 35.5. The zero-order chi connectivity index (χ0) is 20.5. The molecule has 0 spiro atoms. The fourth-order valence-electron chi connectivity index (χ4n) is 2.44. The van der Waals surface area contributed by atoms with Crippen LogP contribution >= 0.6 is 11.6 Å². The quantitative estimate of drug-likeness (QED) is 0.566. The van der Waals surface area contributed by atoms with E-state index in [9.17, 15) is 14.4 Å². The third kappa shape index (κ3) is 6.25. The maximum atomic E-state index is 12.3. The Balaban J connectivity index is 2.07. The third-order valence-electron chi connectivity index (χ3n) is 3.95. The summed E-state index contributed by atoms with van der Waals surface area (Å²) in [5, 5.41) is 3.34. The van der Waals surface area contributed by atoms with E-state index in [0.717, 1.165) is 11.1 Å². The van der Waals surface area contributed by atoms with Gasteiger partial charge in [0.25, 0.3) is 0 Å². The number of benzene rings is 2. The molecule has 0 aliphatic carbocycles. The summed E-state index contributed by atoms with van der Waals surface area (Å²) in [6, 6.07) is 12.9. The Kier molecular flexibility index (Phi) is 7.77. The Morgan fingerprint density at radius 3 is 2.21 bits per heavy atom. The number of hydrogen-bond donors (Lipinski definition) is 1. The molecule has 0 fully saturated rings. The lowest BCUT2D eigenvalue weighted by Crippen LogP contribution is -2.29. The lowest BCUT2D eigenvalue weighted by Gasteiger charge is -2.17. The predicted octanol–water partition coefficient (Wildman–Crippen LogP) is 3.56. The van der Waals surface area contributed by atoms with Crippen LogP contribution in [0.4, 0.5) is 0 Å². The van der Waals surface area contributed by atoms with E-state index in [1.165, 1.54) is 20.3 Å². The van der Waals surface area contributed by atoms with Gasteiger partial charge in [0.05, 0.1) is 32.2 Å². The molecule has 0 bridgehead atoms. The summed E-state index contributed by atoms with van der Waals surface area (Å²) in [4.78, 5) is 35.4. The van der Waals surface area contributed by atoms with Crippen LogP contribution in [0, 0.1) is 0 Å². The minimum absolute atomic E-state index is 0.00839. The largest absolute Gasteiger partial charge is 0.469 e. The summed E-state index contributed by atoms with van der Waals surface area (Å²) in [6.07, 6.45) is 2.95. The third-order valence-corrected chi connectivity index (χ3v) is 4.20. The Labute approximate surface area is 168 Å². The second-order valence-corrected chi connectivity index (χ2v) is 6.28. The van der Waals surface area contributed by atoms with Gasteiger partial charge in [-0.3, -0.25) is 9.59 Å². The number of nitrogens with one attached hydrogen (secondary N) is 1. The average Bonchev–Trinajstić information content (AvgIpc) is 2.72. The van der Waals surface area contributed by atoms with Crippen molar-refractivity contribution in [3.63, 3.8) is 0 Å². The number of halogens is 1. The van der Waals surface area contributed by atoms with Crippen molar-refractivity contribution < 1.29 is 23.9 Å². The van der Waals surface area contributed by atoms with Gasteiger partial charge in [0, 0.05) is 11.1 Å². The van der Waals surface area contributed by atoms with Crippen LogP contribution in [0.3, 0.4) is 0 Å². The fraction of sp³-hybridized carbons (Fsp3) is 0.190. The standard InChI is InChI=1S/C21H20ClNO5/c1-27-20(25)13-18(15-8-10-17(22)11-9-15)23-19(24)12-5-14-3-6-16(7-4-14)21(26)28-2/h3-12,18H,13H2,1-2H3,(H,23,24)/b12-5+. The minimum atomic E-state index is -0.552. The van der Waals surface area contributed by atoms with Crippen molar-refractivity contribution in [2.24, 2.45) is 0 Å². The molecule has 0 heterocycles. The van der Waals surface area contributed by atoms with Crippen LogP contribution in [0.5, 0.6) is 0 Å². The molecule has 146 valence electrons. The SMILES string of the molecule is COC(=O)CC(NC(=O)/C=C/c1ccc(C(=O)OC)cc1)c1ccc(Cl)cc1. The van der Waals surface area contributed by atoms with E-state index < -0.39 is 18.0 Å². The van der Waals surface area contributed by atoms with Crippen LogP contribution in [0.1, 0.15) is 33.9 Å². The van der Waals surface area contributed by atoms with E-state index >= 15 is 0 Å². The number of ether oxygens (including phenoxy) is 2. The van der Waals surface area contributed by atoms with Crippen molar-refractivity contribution in [3.8, 4) is 0 Å². The number of amides is 1. The molecule has 6 nitrogen and oxygen atoms in total. The van der Waals surface area contributed by atoms with Gasteiger partial charge in [-0.2, -0.15) is 0 Å². The summed E-state index contributed by atoms with van der Waals surface area (Å²) in [7, 11) is 2.60. The molecule has 0 aromatic heterocycles. The van der Waals surface area contributed by atoms with Crippen molar-refractivity contribution in [1.82, 2.24) is 5.32 Å². The molecule has 1 unspecified atom stereocenters. The second kappa shape index (κ2) is 10.3. The van der Waals surface area contributed by atoms with Crippen LogP contribution in [0.15, 0.2) is 54.6 Å². The van der Waals surface area contributed by atoms with E-state index in [4.69, 9.17) is 16.3 Å². The fourth-order valence-corrected chi connectivity index (χ4v) is 2.56. The van der Waals surface area contributed by atoms with Crippen molar-refractivity contribution in [2.45, 2.75) is 12.5 Å². The summed E-state index contributed by atoms with van der Waals surface area (Å²) < 4.78 is 9.35. The summed E-state index contributed by atoms with van der Waals surface area (Å²) >= 11 is 5.89. The van der Waals surface area contributed by atoms with E-state index in [-0.39, 0.29) is 12.3 Å². The Bertz CT molecular complexity index is 859. The molecule has 0 saturated carbocycles. The van der Waals surface area contributed by atoms with E-state index in [1.807, 2.05) is 0 Å². The van der Waals surface area contributed by atoms with Crippen molar-refractivity contribution in [3.05, 3.63) is 76.3 Å².